The van der Waals surface area contributed by atoms with Crippen molar-refractivity contribution in [3.63, 3.8) is 0 Å². The highest BCUT2D eigenvalue weighted by Gasteiger charge is 2.22. The third-order valence-electron chi connectivity index (χ3n) is 8.02. The fraction of sp³-hybridized carbons (Fsp3) is 0.457. The minimum Gasteiger partial charge on any atom is -0.494 e. The van der Waals surface area contributed by atoms with Crippen molar-refractivity contribution >= 4 is 17.8 Å². The molecule has 0 bridgehead atoms. The van der Waals surface area contributed by atoms with E-state index in [1.165, 1.54) is 0 Å². The van der Waals surface area contributed by atoms with Crippen LogP contribution in [0.2, 0.25) is 0 Å². The van der Waals surface area contributed by atoms with Gasteiger partial charge in [-0.15, -0.1) is 0 Å². The number of piperazine rings is 1. The van der Waals surface area contributed by atoms with E-state index in [2.05, 4.69) is 11.9 Å². The lowest BCUT2D eigenvalue weighted by Gasteiger charge is -2.32. The summed E-state index contributed by atoms with van der Waals surface area (Å²) in [5, 5.41) is 18.1. The molecule has 1 aromatic heterocycles. The van der Waals surface area contributed by atoms with E-state index in [1.54, 1.807) is 12.5 Å². The number of carbonyl (C=O) groups excluding carboxylic acids is 1. The van der Waals surface area contributed by atoms with E-state index in [0.717, 1.165) is 67.4 Å². The highest BCUT2D eigenvalue weighted by Crippen LogP contribution is 2.29. The molecule has 0 saturated carbocycles. The van der Waals surface area contributed by atoms with Crippen molar-refractivity contribution in [3.05, 3.63) is 71.7 Å². The van der Waals surface area contributed by atoms with Gasteiger partial charge >= 0.3 is 11.9 Å². The molecule has 0 radical (unpaired) electrons. The summed E-state index contributed by atoms with van der Waals surface area (Å²) in [6.45, 7) is 3.91. The predicted molar refractivity (Wildman–Crippen MR) is 170 cm³/mol. The zero-order valence-electron chi connectivity index (χ0n) is 26.0. The zero-order chi connectivity index (χ0) is 32.0. The molecule has 1 saturated heterocycles. The maximum Gasteiger partial charge on any atom is 0.303 e. The Hall–Kier alpha value is -4.31. The number of nitrogens with zero attached hydrogens (tertiary/aromatic N) is 2. The SMILES string of the molecule is CN1CCN(C(=O)c2cc(OCCCCCCc3cccc(OCCCC(=O)O)c3CCC(=O)O)cc(-c3ccoc3)c2)CC1. The quantitative estimate of drug-likeness (QED) is 0.170. The molecule has 0 unspecified atom stereocenters. The van der Waals surface area contributed by atoms with Crippen LogP contribution in [0, 0.1) is 0 Å². The molecule has 1 fully saturated rings. The fourth-order valence-corrected chi connectivity index (χ4v) is 5.46. The predicted octanol–water partition coefficient (Wildman–Crippen LogP) is 5.78. The van der Waals surface area contributed by atoms with Crippen LogP contribution in [-0.4, -0.2) is 84.3 Å². The molecule has 2 aromatic carbocycles. The van der Waals surface area contributed by atoms with E-state index in [4.69, 9.17) is 19.0 Å². The first-order valence-electron chi connectivity index (χ1n) is 15.8. The van der Waals surface area contributed by atoms with Crippen LogP contribution in [0.25, 0.3) is 11.1 Å². The summed E-state index contributed by atoms with van der Waals surface area (Å²) in [5.74, 6) is -0.429. The number of unbranched alkanes of at least 4 members (excludes halogenated alkanes) is 3. The van der Waals surface area contributed by atoms with Crippen LogP contribution in [0.4, 0.5) is 0 Å². The summed E-state index contributed by atoms with van der Waals surface area (Å²) in [6, 6.07) is 13.3. The minimum atomic E-state index is -0.868. The molecule has 3 aromatic rings. The van der Waals surface area contributed by atoms with E-state index in [1.807, 2.05) is 47.4 Å². The van der Waals surface area contributed by atoms with E-state index in [9.17, 15) is 19.5 Å². The lowest BCUT2D eigenvalue weighted by atomic mass is 9.97. The normalized spacial score (nSPS) is 13.5. The molecule has 2 heterocycles. The van der Waals surface area contributed by atoms with Gasteiger partial charge in [-0.1, -0.05) is 25.0 Å². The van der Waals surface area contributed by atoms with Gasteiger partial charge in [0.2, 0.25) is 0 Å². The van der Waals surface area contributed by atoms with Crippen molar-refractivity contribution in [2.45, 2.75) is 57.8 Å². The van der Waals surface area contributed by atoms with Gasteiger partial charge in [-0.2, -0.15) is 0 Å². The topological polar surface area (TPSA) is 130 Å². The molecular formula is C35H44N2O8. The number of ether oxygens (including phenoxy) is 2. The summed E-state index contributed by atoms with van der Waals surface area (Å²) in [4.78, 5) is 39.5. The van der Waals surface area contributed by atoms with Crippen LogP contribution >= 0.6 is 0 Å². The smallest absolute Gasteiger partial charge is 0.303 e. The monoisotopic (exact) mass is 620 g/mol. The number of aryl methyl sites for hydroxylation is 1. The third-order valence-corrected chi connectivity index (χ3v) is 8.02. The molecular weight excluding hydrogens is 576 g/mol. The molecule has 242 valence electrons. The molecule has 10 nitrogen and oxygen atoms in total. The number of furan rings is 1. The number of carboxylic acid groups (broad SMARTS) is 2. The van der Waals surface area contributed by atoms with Crippen LogP contribution in [0.1, 0.15) is 66.4 Å². The third kappa shape index (κ3) is 10.7. The van der Waals surface area contributed by atoms with Crippen molar-refractivity contribution in [1.29, 1.82) is 0 Å². The van der Waals surface area contributed by atoms with Crippen molar-refractivity contribution in [1.82, 2.24) is 9.80 Å². The Morgan fingerprint density at radius 1 is 0.800 bits per heavy atom. The van der Waals surface area contributed by atoms with E-state index < -0.39 is 11.9 Å². The maximum absolute atomic E-state index is 13.3. The number of amides is 1. The van der Waals surface area contributed by atoms with Crippen molar-refractivity contribution in [2.24, 2.45) is 0 Å². The number of hydrogen-bond donors (Lipinski definition) is 2. The second-order valence-electron chi connectivity index (χ2n) is 11.5. The summed E-state index contributed by atoms with van der Waals surface area (Å²) < 4.78 is 17.3. The van der Waals surface area contributed by atoms with Gasteiger partial charge in [-0.25, -0.2) is 0 Å². The van der Waals surface area contributed by atoms with Gasteiger partial charge in [0.1, 0.15) is 11.5 Å². The van der Waals surface area contributed by atoms with Crippen LogP contribution in [0.15, 0.2) is 59.4 Å². The molecule has 1 amide bonds. The number of carboxylic acids is 2. The van der Waals surface area contributed by atoms with E-state index >= 15 is 0 Å². The van der Waals surface area contributed by atoms with Gasteiger partial charge in [0.05, 0.1) is 25.7 Å². The number of likely N-dealkylation sites (N-methyl/N-ethyl adjacent to an activating group) is 1. The molecule has 45 heavy (non-hydrogen) atoms. The molecule has 10 heteroatoms. The average Bonchev–Trinajstić information content (AvgIpc) is 3.57. The molecule has 1 aliphatic rings. The van der Waals surface area contributed by atoms with Gasteiger partial charge in [0.15, 0.2) is 0 Å². The Morgan fingerprint density at radius 3 is 2.29 bits per heavy atom. The molecule has 0 atom stereocenters. The number of benzene rings is 2. The van der Waals surface area contributed by atoms with Crippen LogP contribution in [0.5, 0.6) is 11.5 Å². The first kappa shape index (κ1) is 33.6. The van der Waals surface area contributed by atoms with Crippen LogP contribution < -0.4 is 9.47 Å². The second kappa shape index (κ2) is 17.2. The second-order valence-corrected chi connectivity index (χ2v) is 11.5. The highest BCUT2D eigenvalue weighted by atomic mass is 16.5. The van der Waals surface area contributed by atoms with Gasteiger partial charge in [0, 0.05) is 50.1 Å². The molecule has 2 N–H and O–H groups in total. The Balaban J connectivity index is 1.28. The number of rotatable bonds is 18. The summed E-state index contributed by atoms with van der Waals surface area (Å²) in [6.07, 6.45) is 8.60. The number of aliphatic carboxylic acids is 2. The van der Waals surface area contributed by atoms with Crippen LogP contribution in [0.3, 0.4) is 0 Å². The molecule has 0 aliphatic carbocycles. The standard InChI is InChI=1S/C35H44N2O8/c1-36-15-17-37(18-16-36)35(42)29-22-28(27-14-21-43-25-27)23-30(24-29)44-19-5-3-2-4-8-26-9-6-10-32(31(26)12-13-34(40)41)45-20-7-11-33(38)39/h6,9-10,14,21-25H,2-5,7-8,11-13,15-20H2,1H3,(H,38,39)(H,40,41). The molecule has 0 spiro atoms. The fourth-order valence-electron chi connectivity index (χ4n) is 5.46. The average molecular weight is 621 g/mol. The Labute approximate surface area is 264 Å². The Morgan fingerprint density at radius 2 is 1.56 bits per heavy atom. The largest absolute Gasteiger partial charge is 0.494 e. The zero-order valence-corrected chi connectivity index (χ0v) is 26.0. The van der Waals surface area contributed by atoms with E-state index in [-0.39, 0.29) is 25.4 Å². The van der Waals surface area contributed by atoms with Crippen molar-refractivity contribution < 1.29 is 38.5 Å². The maximum atomic E-state index is 13.3. The van der Waals surface area contributed by atoms with E-state index in [0.29, 0.717) is 49.6 Å². The summed E-state index contributed by atoms with van der Waals surface area (Å²) in [7, 11) is 2.06. The first-order chi connectivity index (χ1) is 21.8. The summed E-state index contributed by atoms with van der Waals surface area (Å²) >= 11 is 0. The first-order valence-corrected chi connectivity index (χ1v) is 15.8. The molecule has 4 rings (SSSR count). The molecule has 1 aliphatic heterocycles. The lowest BCUT2D eigenvalue weighted by Crippen LogP contribution is -2.47. The summed E-state index contributed by atoms with van der Waals surface area (Å²) in [5.41, 5.74) is 4.34. The highest BCUT2D eigenvalue weighted by molar-refractivity contribution is 5.96. The minimum absolute atomic E-state index is 0.00429. The Kier molecular flexibility index (Phi) is 12.9. The number of carbonyl (C=O) groups is 3. The van der Waals surface area contributed by atoms with Gasteiger partial charge in [-0.05, 0) is 86.2 Å². The van der Waals surface area contributed by atoms with Crippen LogP contribution in [-0.2, 0) is 22.4 Å². The van der Waals surface area contributed by atoms with Gasteiger partial charge in [-0.3, -0.25) is 14.4 Å². The number of hydrogen-bond acceptors (Lipinski definition) is 7. The van der Waals surface area contributed by atoms with Gasteiger partial charge < -0.3 is 33.9 Å². The van der Waals surface area contributed by atoms with Crippen molar-refractivity contribution in [2.75, 3.05) is 46.4 Å². The lowest BCUT2D eigenvalue weighted by molar-refractivity contribution is -0.138. The van der Waals surface area contributed by atoms with Gasteiger partial charge in [0.25, 0.3) is 5.91 Å². The van der Waals surface area contributed by atoms with Crippen molar-refractivity contribution in [3.8, 4) is 22.6 Å². The Bertz CT molecular complexity index is 1400.